The lowest BCUT2D eigenvalue weighted by Gasteiger charge is -2.12. The van der Waals surface area contributed by atoms with E-state index >= 15 is 0 Å². The highest BCUT2D eigenvalue weighted by Crippen LogP contribution is 2.35. The molecule has 0 spiro atoms. The molecule has 1 fully saturated rings. The zero-order valence-corrected chi connectivity index (χ0v) is 16.2. The van der Waals surface area contributed by atoms with Crippen molar-refractivity contribution in [1.82, 2.24) is 4.90 Å². The zero-order chi connectivity index (χ0) is 18.0. The van der Waals surface area contributed by atoms with E-state index in [1.54, 1.807) is 13.2 Å². The van der Waals surface area contributed by atoms with Crippen LogP contribution in [0.25, 0.3) is 6.08 Å². The number of carbonyl (C=O) groups is 2. The topological polar surface area (TPSA) is 46.6 Å². The van der Waals surface area contributed by atoms with Gasteiger partial charge in [0, 0.05) is 4.47 Å². The first-order valence-corrected chi connectivity index (χ1v) is 9.23. The van der Waals surface area contributed by atoms with Gasteiger partial charge in [-0.3, -0.25) is 14.5 Å². The first-order chi connectivity index (χ1) is 12.0. The monoisotopic (exact) mass is 417 g/mol. The van der Waals surface area contributed by atoms with Gasteiger partial charge in [-0.05, 0) is 54.1 Å². The third kappa shape index (κ3) is 3.96. The van der Waals surface area contributed by atoms with Gasteiger partial charge < -0.3 is 4.74 Å². The number of benzene rings is 2. The van der Waals surface area contributed by atoms with Crippen LogP contribution in [0, 0.1) is 6.92 Å². The minimum atomic E-state index is -0.273. The van der Waals surface area contributed by atoms with Crippen molar-refractivity contribution >= 4 is 44.9 Å². The van der Waals surface area contributed by atoms with E-state index < -0.39 is 0 Å². The van der Waals surface area contributed by atoms with Crippen molar-refractivity contribution in [3.8, 4) is 5.75 Å². The summed E-state index contributed by atoms with van der Waals surface area (Å²) in [4.78, 5) is 26.6. The van der Waals surface area contributed by atoms with Crippen LogP contribution >= 0.6 is 27.7 Å². The number of halogens is 1. The molecular weight excluding hydrogens is 402 g/mol. The Kier molecular flexibility index (Phi) is 5.30. The Morgan fingerprint density at radius 2 is 1.88 bits per heavy atom. The number of methoxy groups -OCH3 is 1. The van der Waals surface area contributed by atoms with Gasteiger partial charge in [0.25, 0.3) is 11.1 Å². The van der Waals surface area contributed by atoms with Gasteiger partial charge in [-0.1, -0.05) is 45.8 Å². The number of imide groups is 1. The molecule has 1 aliphatic rings. The molecule has 1 saturated heterocycles. The predicted octanol–water partition coefficient (Wildman–Crippen LogP) is 5.00. The van der Waals surface area contributed by atoms with Crippen molar-refractivity contribution in [2.24, 2.45) is 0 Å². The second kappa shape index (κ2) is 7.45. The van der Waals surface area contributed by atoms with Crippen LogP contribution in [0.2, 0.25) is 0 Å². The lowest BCUT2D eigenvalue weighted by molar-refractivity contribution is -0.123. The number of carbonyl (C=O) groups excluding carboxylic acids is 2. The van der Waals surface area contributed by atoms with E-state index in [0.717, 1.165) is 32.9 Å². The molecule has 0 unspecified atom stereocenters. The number of rotatable bonds is 4. The summed E-state index contributed by atoms with van der Waals surface area (Å²) in [5, 5.41) is -0.254. The summed E-state index contributed by atoms with van der Waals surface area (Å²) >= 11 is 4.42. The highest BCUT2D eigenvalue weighted by molar-refractivity contribution is 9.10. The highest BCUT2D eigenvalue weighted by atomic mass is 79.9. The van der Waals surface area contributed by atoms with Gasteiger partial charge in [-0.15, -0.1) is 0 Å². The molecule has 1 aliphatic heterocycles. The fourth-order valence-electron chi connectivity index (χ4n) is 2.41. The average Bonchev–Trinajstić information content (AvgIpc) is 2.86. The second-order valence-corrected chi connectivity index (χ2v) is 7.49. The van der Waals surface area contributed by atoms with E-state index in [1.165, 1.54) is 4.90 Å². The smallest absolute Gasteiger partial charge is 0.293 e. The molecule has 6 heteroatoms. The van der Waals surface area contributed by atoms with Crippen molar-refractivity contribution in [1.29, 1.82) is 0 Å². The lowest BCUT2D eigenvalue weighted by atomic mass is 10.1. The molecule has 2 aromatic carbocycles. The quantitative estimate of drug-likeness (QED) is 0.656. The highest BCUT2D eigenvalue weighted by Gasteiger charge is 2.35. The zero-order valence-electron chi connectivity index (χ0n) is 13.8. The lowest BCUT2D eigenvalue weighted by Crippen LogP contribution is -2.27. The van der Waals surface area contributed by atoms with Crippen molar-refractivity contribution < 1.29 is 14.3 Å². The Hall–Kier alpha value is -2.05. The Morgan fingerprint density at radius 3 is 2.56 bits per heavy atom. The van der Waals surface area contributed by atoms with Crippen molar-refractivity contribution in [3.63, 3.8) is 0 Å². The maximum absolute atomic E-state index is 12.6. The molecule has 2 amide bonds. The SMILES string of the molecule is COc1ccc(Br)c(/C=C2\SC(=O)N(Cc3ccc(C)cc3)C2=O)c1. The van der Waals surface area contributed by atoms with Gasteiger partial charge >= 0.3 is 0 Å². The maximum Gasteiger partial charge on any atom is 0.293 e. The normalized spacial score (nSPS) is 16.0. The fraction of sp³-hybridized carbons (Fsp3) is 0.158. The van der Waals surface area contributed by atoms with E-state index in [9.17, 15) is 9.59 Å². The number of amides is 2. The standard InChI is InChI=1S/C19H16BrNO3S/c1-12-3-5-13(6-4-12)11-21-18(22)17(25-19(21)23)10-14-9-15(24-2)7-8-16(14)20/h3-10H,11H2,1-2H3/b17-10-. The number of ether oxygens (including phenoxy) is 1. The summed E-state index contributed by atoms with van der Waals surface area (Å²) in [5.41, 5.74) is 2.86. The summed E-state index contributed by atoms with van der Waals surface area (Å²) in [6.07, 6.45) is 1.71. The molecule has 4 nitrogen and oxygen atoms in total. The van der Waals surface area contributed by atoms with Crippen LogP contribution < -0.4 is 4.74 Å². The van der Waals surface area contributed by atoms with Gasteiger partial charge in [-0.25, -0.2) is 0 Å². The van der Waals surface area contributed by atoms with Gasteiger partial charge in [0.1, 0.15) is 5.75 Å². The van der Waals surface area contributed by atoms with Crippen LogP contribution in [0.1, 0.15) is 16.7 Å². The largest absolute Gasteiger partial charge is 0.497 e. The summed E-state index contributed by atoms with van der Waals surface area (Å²) < 4.78 is 6.04. The predicted molar refractivity (Wildman–Crippen MR) is 103 cm³/mol. The second-order valence-electron chi connectivity index (χ2n) is 5.64. The summed E-state index contributed by atoms with van der Waals surface area (Å²) in [6.45, 7) is 2.28. The van der Waals surface area contributed by atoms with Crippen molar-refractivity contribution in [2.45, 2.75) is 13.5 Å². The first kappa shape index (κ1) is 17.8. The van der Waals surface area contributed by atoms with Crippen LogP contribution in [0.15, 0.2) is 51.8 Å². The van der Waals surface area contributed by atoms with Gasteiger partial charge in [0.05, 0.1) is 18.6 Å². The van der Waals surface area contributed by atoms with Gasteiger partial charge in [0.15, 0.2) is 0 Å². The number of hydrogen-bond donors (Lipinski definition) is 0. The van der Waals surface area contributed by atoms with E-state index in [2.05, 4.69) is 15.9 Å². The fourth-order valence-corrected chi connectivity index (χ4v) is 3.60. The first-order valence-electron chi connectivity index (χ1n) is 7.62. The number of nitrogens with zero attached hydrogens (tertiary/aromatic N) is 1. The van der Waals surface area contributed by atoms with E-state index in [4.69, 9.17) is 4.74 Å². The van der Waals surface area contributed by atoms with Crippen LogP contribution in [-0.4, -0.2) is 23.2 Å². The molecular formula is C19H16BrNO3S. The molecule has 0 bridgehead atoms. The Balaban J connectivity index is 1.84. The van der Waals surface area contributed by atoms with E-state index in [1.807, 2.05) is 49.4 Å². The molecule has 2 aromatic rings. The molecule has 0 aromatic heterocycles. The molecule has 0 radical (unpaired) electrons. The third-order valence-electron chi connectivity index (χ3n) is 3.82. The average molecular weight is 418 g/mol. The number of thioether (sulfide) groups is 1. The summed E-state index contributed by atoms with van der Waals surface area (Å²) in [7, 11) is 1.59. The Labute approximate surface area is 159 Å². The van der Waals surface area contributed by atoms with Crippen LogP contribution in [-0.2, 0) is 11.3 Å². The molecule has 128 valence electrons. The third-order valence-corrected chi connectivity index (χ3v) is 5.45. The summed E-state index contributed by atoms with van der Waals surface area (Å²) in [5.74, 6) is 0.415. The van der Waals surface area contributed by atoms with Crippen LogP contribution in [0.4, 0.5) is 4.79 Å². The molecule has 0 saturated carbocycles. The van der Waals surface area contributed by atoms with E-state index in [-0.39, 0.29) is 17.7 Å². The van der Waals surface area contributed by atoms with Gasteiger partial charge in [-0.2, -0.15) is 0 Å². The van der Waals surface area contributed by atoms with Gasteiger partial charge in [0.2, 0.25) is 0 Å². The Morgan fingerprint density at radius 1 is 1.16 bits per heavy atom. The maximum atomic E-state index is 12.6. The van der Waals surface area contributed by atoms with Crippen molar-refractivity contribution in [3.05, 3.63) is 68.5 Å². The van der Waals surface area contributed by atoms with E-state index in [0.29, 0.717) is 10.7 Å². The molecule has 25 heavy (non-hydrogen) atoms. The van der Waals surface area contributed by atoms with Crippen LogP contribution in [0.5, 0.6) is 5.75 Å². The molecule has 0 aliphatic carbocycles. The van der Waals surface area contributed by atoms with Crippen LogP contribution in [0.3, 0.4) is 0 Å². The molecule has 3 rings (SSSR count). The number of aryl methyl sites for hydroxylation is 1. The van der Waals surface area contributed by atoms with Crippen molar-refractivity contribution in [2.75, 3.05) is 7.11 Å². The summed E-state index contributed by atoms with van der Waals surface area (Å²) in [6, 6.07) is 13.3. The number of hydrogen-bond acceptors (Lipinski definition) is 4. The minimum Gasteiger partial charge on any atom is -0.497 e. The minimum absolute atomic E-state index is 0.254. The molecule has 1 heterocycles. The molecule has 0 atom stereocenters. The Bertz CT molecular complexity index is 861. The molecule has 0 N–H and O–H groups in total.